The van der Waals surface area contributed by atoms with Crippen LogP contribution in [0.1, 0.15) is 33.1 Å². The zero-order chi connectivity index (χ0) is 13.2. The van der Waals surface area contributed by atoms with Crippen molar-refractivity contribution < 1.29 is 9.13 Å². The molecule has 0 aromatic rings. The van der Waals surface area contributed by atoms with Gasteiger partial charge in [-0.25, -0.2) is 4.39 Å². The lowest BCUT2D eigenvalue weighted by atomic mass is 9.76. The van der Waals surface area contributed by atoms with Crippen molar-refractivity contribution in [3.63, 3.8) is 0 Å². The topological polar surface area (TPSA) is 35.2 Å². The van der Waals surface area contributed by atoms with Crippen molar-refractivity contribution in [3.05, 3.63) is 0 Å². The summed E-state index contributed by atoms with van der Waals surface area (Å²) < 4.78 is 20.7. The van der Waals surface area contributed by atoms with Crippen molar-refractivity contribution in [2.75, 3.05) is 24.7 Å². The van der Waals surface area contributed by atoms with Crippen molar-refractivity contribution in [1.82, 2.24) is 0 Å². The monoisotopic (exact) mass is 275 g/mol. The van der Waals surface area contributed by atoms with Gasteiger partial charge >= 0.3 is 0 Å². The lowest BCUT2D eigenvalue weighted by molar-refractivity contribution is -0.0985. The predicted molar refractivity (Wildman–Crippen MR) is 75.6 cm³/mol. The Kier molecular flexibility index (Phi) is 4.95. The summed E-state index contributed by atoms with van der Waals surface area (Å²) in [5.41, 5.74) is 5.73. The second kappa shape index (κ2) is 6.10. The molecule has 2 rings (SSSR count). The highest BCUT2D eigenvalue weighted by atomic mass is 32.2. The highest BCUT2D eigenvalue weighted by Gasteiger charge is 2.44. The summed E-state index contributed by atoms with van der Waals surface area (Å²) in [6.45, 7) is 5.33. The zero-order valence-corrected chi connectivity index (χ0v) is 12.3. The van der Waals surface area contributed by atoms with Crippen LogP contribution in [0.25, 0.3) is 0 Å². The smallest absolute Gasteiger partial charge is 0.107 e. The van der Waals surface area contributed by atoms with Gasteiger partial charge in [0.2, 0.25) is 0 Å². The molecule has 2 saturated heterocycles. The minimum Gasteiger partial charge on any atom is -0.374 e. The van der Waals surface area contributed by atoms with E-state index in [-0.39, 0.29) is 17.4 Å². The Morgan fingerprint density at radius 2 is 2.28 bits per heavy atom. The summed E-state index contributed by atoms with van der Waals surface area (Å²) in [4.78, 5) is 0. The first-order valence-corrected chi connectivity index (χ1v) is 8.29. The quantitative estimate of drug-likeness (QED) is 0.857. The number of hydrogen-bond donors (Lipinski definition) is 1. The van der Waals surface area contributed by atoms with Crippen LogP contribution in [0, 0.1) is 17.8 Å². The van der Waals surface area contributed by atoms with Gasteiger partial charge in [0, 0.05) is 18.3 Å². The number of ether oxygens (including phenoxy) is 1. The Hall–Kier alpha value is 0.200. The molecule has 2 nitrogen and oxygen atoms in total. The van der Waals surface area contributed by atoms with Gasteiger partial charge in [-0.1, -0.05) is 13.8 Å². The number of alkyl halides is 1. The van der Waals surface area contributed by atoms with Gasteiger partial charge in [-0.05, 0) is 43.4 Å². The number of nitrogens with two attached hydrogens (primary N) is 1. The van der Waals surface area contributed by atoms with Gasteiger partial charge in [-0.2, -0.15) is 11.8 Å². The lowest BCUT2D eigenvalue weighted by Crippen LogP contribution is -2.45. The molecule has 0 aliphatic carbocycles. The molecule has 4 atom stereocenters. The van der Waals surface area contributed by atoms with Crippen LogP contribution in [0.3, 0.4) is 0 Å². The maximum atomic E-state index is 14.7. The fourth-order valence-corrected chi connectivity index (χ4v) is 4.70. The Morgan fingerprint density at radius 3 is 2.83 bits per heavy atom. The van der Waals surface area contributed by atoms with E-state index in [1.54, 1.807) is 0 Å². The highest BCUT2D eigenvalue weighted by Crippen LogP contribution is 2.43. The summed E-state index contributed by atoms with van der Waals surface area (Å²) in [6, 6.07) is 0. The maximum absolute atomic E-state index is 14.7. The van der Waals surface area contributed by atoms with E-state index in [9.17, 15) is 4.39 Å². The minimum atomic E-state index is -0.763. The van der Waals surface area contributed by atoms with Crippen molar-refractivity contribution >= 4 is 11.8 Å². The van der Waals surface area contributed by atoms with Crippen LogP contribution in [0.5, 0.6) is 0 Å². The van der Waals surface area contributed by atoms with E-state index in [1.807, 2.05) is 11.8 Å². The number of halogens is 1. The largest absolute Gasteiger partial charge is 0.374 e. The van der Waals surface area contributed by atoms with E-state index in [4.69, 9.17) is 10.5 Å². The van der Waals surface area contributed by atoms with Gasteiger partial charge in [0.05, 0.1) is 5.60 Å². The third kappa shape index (κ3) is 3.02. The Bertz CT molecular complexity index is 269. The maximum Gasteiger partial charge on any atom is 0.107 e. The summed E-state index contributed by atoms with van der Waals surface area (Å²) >= 11 is 1.94. The van der Waals surface area contributed by atoms with Crippen LogP contribution in [0.15, 0.2) is 0 Å². The van der Waals surface area contributed by atoms with Gasteiger partial charge in [-0.3, -0.25) is 0 Å². The van der Waals surface area contributed by atoms with Crippen LogP contribution >= 0.6 is 11.8 Å². The molecule has 0 amide bonds. The third-order valence-electron chi connectivity index (χ3n) is 4.59. The highest BCUT2D eigenvalue weighted by molar-refractivity contribution is 7.99. The van der Waals surface area contributed by atoms with Gasteiger partial charge in [0.25, 0.3) is 0 Å². The molecular formula is C14H26FNOS. The van der Waals surface area contributed by atoms with Crippen molar-refractivity contribution in [2.45, 2.75) is 44.9 Å². The summed E-state index contributed by atoms with van der Waals surface area (Å²) in [7, 11) is 0. The molecule has 2 fully saturated rings. The standard InChI is InChI=1S/C14H26FNOS/c1-10(2)12(8-16)13(15)11-3-5-17-14(7-11)4-6-18-9-14/h10-13H,3-9,16H2,1-2H3. The molecule has 0 bridgehead atoms. The Morgan fingerprint density at radius 1 is 1.50 bits per heavy atom. The zero-order valence-electron chi connectivity index (χ0n) is 11.5. The molecule has 106 valence electrons. The molecule has 18 heavy (non-hydrogen) atoms. The van der Waals surface area contributed by atoms with E-state index in [2.05, 4.69) is 13.8 Å². The summed E-state index contributed by atoms with van der Waals surface area (Å²) in [6.07, 6.45) is 2.08. The molecule has 1 spiro atoms. The second-order valence-electron chi connectivity index (χ2n) is 6.17. The van der Waals surface area contributed by atoms with Crippen LogP contribution in [0.4, 0.5) is 4.39 Å². The lowest BCUT2D eigenvalue weighted by Gasteiger charge is -2.41. The molecule has 0 aromatic carbocycles. The fourth-order valence-electron chi connectivity index (χ4n) is 3.32. The van der Waals surface area contributed by atoms with Gasteiger partial charge in [-0.15, -0.1) is 0 Å². The van der Waals surface area contributed by atoms with Crippen molar-refractivity contribution in [2.24, 2.45) is 23.5 Å². The fraction of sp³-hybridized carbons (Fsp3) is 1.00. The first-order chi connectivity index (χ1) is 8.58. The van der Waals surface area contributed by atoms with E-state index in [0.29, 0.717) is 12.5 Å². The molecular weight excluding hydrogens is 249 g/mol. The number of thioether (sulfide) groups is 1. The average molecular weight is 275 g/mol. The molecule has 2 N–H and O–H groups in total. The van der Waals surface area contributed by atoms with Gasteiger partial charge in [0.1, 0.15) is 6.17 Å². The van der Waals surface area contributed by atoms with E-state index in [0.717, 1.165) is 37.4 Å². The van der Waals surface area contributed by atoms with Crippen molar-refractivity contribution in [3.8, 4) is 0 Å². The van der Waals surface area contributed by atoms with E-state index < -0.39 is 6.17 Å². The number of hydrogen-bond acceptors (Lipinski definition) is 3. The first-order valence-electron chi connectivity index (χ1n) is 7.14. The molecule has 2 aliphatic rings. The van der Waals surface area contributed by atoms with Crippen molar-refractivity contribution in [1.29, 1.82) is 0 Å². The molecule has 0 radical (unpaired) electrons. The second-order valence-corrected chi connectivity index (χ2v) is 7.28. The van der Waals surface area contributed by atoms with E-state index >= 15 is 0 Å². The minimum absolute atomic E-state index is 0.000735. The molecule has 4 unspecified atom stereocenters. The molecule has 4 heteroatoms. The SMILES string of the molecule is CC(C)C(CN)C(F)C1CCOC2(CCSC2)C1. The molecule has 2 aliphatic heterocycles. The molecule has 2 heterocycles. The summed E-state index contributed by atoms with van der Waals surface area (Å²) in [5.74, 6) is 2.67. The van der Waals surface area contributed by atoms with Crippen LogP contribution in [-0.4, -0.2) is 36.4 Å². The van der Waals surface area contributed by atoms with E-state index in [1.165, 1.54) is 0 Å². The first kappa shape index (κ1) is 14.6. The predicted octanol–water partition coefficient (Wildman–Crippen LogP) is 2.86. The van der Waals surface area contributed by atoms with Crippen LogP contribution in [0.2, 0.25) is 0 Å². The number of rotatable bonds is 4. The third-order valence-corrected chi connectivity index (χ3v) is 5.81. The average Bonchev–Trinajstić information content (AvgIpc) is 2.77. The Balaban J connectivity index is 1.99. The van der Waals surface area contributed by atoms with Gasteiger partial charge in [0.15, 0.2) is 0 Å². The molecule has 0 saturated carbocycles. The van der Waals surface area contributed by atoms with Gasteiger partial charge < -0.3 is 10.5 Å². The van der Waals surface area contributed by atoms with Crippen LogP contribution < -0.4 is 5.73 Å². The Labute approximate surface area is 114 Å². The molecule has 0 aromatic heterocycles. The van der Waals surface area contributed by atoms with Crippen LogP contribution in [-0.2, 0) is 4.74 Å². The summed E-state index contributed by atoms with van der Waals surface area (Å²) in [5, 5.41) is 0. The normalized spacial score (nSPS) is 36.2.